The van der Waals surface area contributed by atoms with Crippen LogP contribution in [0, 0.1) is 11.6 Å². The van der Waals surface area contributed by atoms with Gasteiger partial charge in [0.1, 0.15) is 17.9 Å². The molecule has 0 fully saturated rings. The topological polar surface area (TPSA) is 85.8 Å². The van der Waals surface area contributed by atoms with E-state index in [1.54, 1.807) is 28.8 Å². The van der Waals surface area contributed by atoms with Crippen molar-refractivity contribution in [1.82, 2.24) is 19.7 Å². The smallest absolute Gasteiger partial charge is 0.277 e. The zero-order valence-corrected chi connectivity index (χ0v) is 18.9. The van der Waals surface area contributed by atoms with Gasteiger partial charge < -0.3 is 9.73 Å². The Labute approximate surface area is 202 Å². The maximum atomic E-state index is 14.7. The number of carbonyl (C=O) groups is 1. The fourth-order valence-corrected chi connectivity index (χ4v) is 4.14. The molecule has 0 saturated heterocycles. The van der Waals surface area contributed by atoms with Crippen LogP contribution in [0.4, 0.5) is 14.5 Å². The second-order valence-corrected chi connectivity index (χ2v) is 8.25. The molecule has 5 aromatic rings. The van der Waals surface area contributed by atoms with Gasteiger partial charge >= 0.3 is 0 Å². The van der Waals surface area contributed by atoms with Gasteiger partial charge in [-0.15, -0.1) is 10.2 Å². The Balaban J connectivity index is 1.38. The number of amides is 1. The van der Waals surface area contributed by atoms with Crippen molar-refractivity contribution in [2.45, 2.75) is 10.9 Å². The lowest BCUT2D eigenvalue weighted by atomic mass is 10.2. The Kier molecular flexibility index (Phi) is 6.36. The number of anilines is 1. The number of para-hydroxylation sites is 2. The SMILES string of the molecule is O=C(Nc1ccccc1F)c1coc(CSc2nnc(-c3ccccc3)n2-c2ccccc2F)n1. The highest BCUT2D eigenvalue weighted by atomic mass is 32.2. The van der Waals surface area contributed by atoms with Gasteiger partial charge in [-0.05, 0) is 24.3 Å². The molecule has 0 atom stereocenters. The molecule has 0 aliphatic heterocycles. The maximum absolute atomic E-state index is 14.7. The minimum Gasteiger partial charge on any atom is -0.447 e. The number of thioether (sulfide) groups is 1. The molecule has 5 rings (SSSR count). The van der Waals surface area contributed by atoms with Crippen LogP contribution >= 0.6 is 11.8 Å². The van der Waals surface area contributed by atoms with Crippen molar-refractivity contribution in [2.75, 3.05) is 5.32 Å². The lowest BCUT2D eigenvalue weighted by Gasteiger charge is -2.10. The number of nitrogens with zero attached hydrogens (tertiary/aromatic N) is 4. The van der Waals surface area contributed by atoms with Crippen LogP contribution < -0.4 is 5.32 Å². The highest BCUT2D eigenvalue weighted by Crippen LogP contribution is 2.30. The highest BCUT2D eigenvalue weighted by Gasteiger charge is 2.20. The van der Waals surface area contributed by atoms with E-state index in [0.29, 0.717) is 16.7 Å². The Bertz CT molecular complexity index is 1490. The second kappa shape index (κ2) is 9.90. The molecule has 174 valence electrons. The van der Waals surface area contributed by atoms with Gasteiger partial charge in [0.25, 0.3) is 5.91 Å². The van der Waals surface area contributed by atoms with E-state index in [9.17, 15) is 13.6 Å². The van der Waals surface area contributed by atoms with E-state index in [1.165, 1.54) is 42.3 Å². The fourth-order valence-electron chi connectivity index (χ4n) is 3.34. The Morgan fingerprint density at radius 1 is 0.914 bits per heavy atom. The predicted octanol–water partition coefficient (Wildman–Crippen LogP) is 5.75. The van der Waals surface area contributed by atoms with Crippen LogP contribution in [-0.2, 0) is 5.75 Å². The average Bonchev–Trinajstić information content (AvgIpc) is 3.52. The highest BCUT2D eigenvalue weighted by molar-refractivity contribution is 7.98. The van der Waals surface area contributed by atoms with Crippen molar-refractivity contribution in [3.8, 4) is 17.1 Å². The summed E-state index contributed by atoms with van der Waals surface area (Å²) in [5, 5.41) is 11.4. The summed E-state index contributed by atoms with van der Waals surface area (Å²) in [5.41, 5.74) is 1.13. The molecule has 2 aromatic heterocycles. The summed E-state index contributed by atoms with van der Waals surface area (Å²) >= 11 is 1.23. The maximum Gasteiger partial charge on any atom is 0.277 e. The summed E-state index contributed by atoms with van der Waals surface area (Å²) in [4.78, 5) is 16.6. The fraction of sp³-hybridized carbons (Fsp3) is 0.0400. The minimum absolute atomic E-state index is 0.00407. The predicted molar refractivity (Wildman–Crippen MR) is 127 cm³/mol. The first-order valence-electron chi connectivity index (χ1n) is 10.5. The monoisotopic (exact) mass is 489 g/mol. The van der Waals surface area contributed by atoms with E-state index < -0.39 is 17.5 Å². The third-order valence-corrected chi connectivity index (χ3v) is 5.90. The molecular weight excluding hydrogens is 472 g/mol. The first-order chi connectivity index (χ1) is 17.1. The average molecular weight is 490 g/mol. The van der Waals surface area contributed by atoms with Crippen molar-refractivity contribution in [3.05, 3.63) is 108 Å². The molecule has 0 aliphatic rings. The quantitative estimate of drug-likeness (QED) is 0.293. The molecule has 7 nitrogen and oxygen atoms in total. The summed E-state index contributed by atoms with van der Waals surface area (Å²) in [6.07, 6.45) is 1.20. The van der Waals surface area contributed by atoms with Gasteiger partial charge in [-0.1, -0.05) is 66.4 Å². The Morgan fingerprint density at radius 3 is 2.40 bits per heavy atom. The van der Waals surface area contributed by atoms with E-state index in [1.807, 2.05) is 30.3 Å². The van der Waals surface area contributed by atoms with E-state index in [0.717, 1.165) is 5.56 Å². The number of oxazole rings is 1. The molecule has 35 heavy (non-hydrogen) atoms. The lowest BCUT2D eigenvalue weighted by molar-refractivity contribution is 0.102. The Hall–Kier alpha value is -4.31. The number of hydrogen-bond acceptors (Lipinski definition) is 6. The summed E-state index contributed by atoms with van der Waals surface area (Å²) in [6, 6.07) is 21.5. The van der Waals surface area contributed by atoms with Crippen LogP contribution in [0.15, 0.2) is 94.7 Å². The van der Waals surface area contributed by atoms with Crippen molar-refractivity contribution in [2.24, 2.45) is 0 Å². The van der Waals surface area contributed by atoms with Gasteiger partial charge in [-0.25, -0.2) is 13.8 Å². The van der Waals surface area contributed by atoms with Gasteiger partial charge in [-0.2, -0.15) is 0 Å². The van der Waals surface area contributed by atoms with E-state index in [2.05, 4.69) is 20.5 Å². The Morgan fingerprint density at radius 2 is 1.63 bits per heavy atom. The van der Waals surface area contributed by atoms with Gasteiger partial charge in [0.15, 0.2) is 16.7 Å². The molecule has 0 aliphatic carbocycles. The molecule has 0 saturated carbocycles. The molecule has 0 radical (unpaired) electrons. The third kappa shape index (κ3) is 4.82. The van der Waals surface area contributed by atoms with Crippen LogP contribution in [0.2, 0.25) is 0 Å². The van der Waals surface area contributed by atoms with Crippen molar-refractivity contribution in [1.29, 1.82) is 0 Å². The number of carbonyl (C=O) groups excluding carboxylic acids is 1. The van der Waals surface area contributed by atoms with Gasteiger partial charge in [0.05, 0.1) is 17.1 Å². The first kappa shape index (κ1) is 22.5. The summed E-state index contributed by atoms with van der Waals surface area (Å²) in [6.45, 7) is 0. The number of hydrogen-bond donors (Lipinski definition) is 1. The van der Waals surface area contributed by atoms with E-state index >= 15 is 0 Å². The van der Waals surface area contributed by atoms with Crippen molar-refractivity contribution in [3.63, 3.8) is 0 Å². The van der Waals surface area contributed by atoms with Crippen molar-refractivity contribution >= 4 is 23.4 Å². The van der Waals surface area contributed by atoms with Crippen LogP contribution in [-0.4, -0.2) is 25.7 Å². The van der Waals surface area contributed by atoms with Gasteiger partial charge in [-0.3, -0.25) is 9.36 Å². The largest absolute Gasteiger partial charge is 0.447 e. The molecule has 0 spiro atoms. The number of rotatable bonds is 7. The molecule has 10 heteroatoms. The number of nitrogens with one attached hydrogen (secondary N) is 1. The molecule has 0 unspecified atom stereocenters. The van der Waals surface area contributed by atoms with Gasteiger partial charge in [0, 0.05) is 5.56 Å². The zero-order chi connectivity index (χ0) is 24.2. The molecule has 2 heterocycles. The second-order valence-electron chi connectivity index (χ2n) is 7.31. The standard InChI is InChI=1S/C25H17F2N5O2S/c26-17-10-4-6-12-19(17)29-24(33)20-14-34-22(28-20)15-35-25-31-30-23(16-8-2-1-3-9-16)32(25)21-13-7-5-11-18(21)27/h1-14H,15H2,(H,29,33). The summed E-state index contributed by atoms with van der Waals surface area (Å²) in [7, 11) is 0. The molecule has 1 N–H and O–H groups in total. The van der Waals surface area contributed by atoms with Crippen LogP contribution in [0.25, 0.3) is 17.1 Å². The number of halogens is 2. The first-order valence-corrected chi connectivity index (χ1v) is 11.5. The number of benzene rings is 3. The lowest BCUT2D eigenvalue weighted by Crippen LogP contribution is -2.13. The van der Waals surface area contributed by atoms with Crippen LogP contribution in [0.3, 0.4) is 0 Å². The third-order valence-electron chi connectivity index (χ3n) is 4.99. The zero-order valence-electron chi connectivity index (χ0n) is 18.1. The van der Waals surface area contributed by atoms with E-state index in [-0.39, 0.29) is 23.0 Å². The number of aromatic nitrogens is 4. The molecule has 1 amide bonds. The van der Waals surface area contributed by atoms with Crippen LogP contribution in [0.1, 0.15) is 16.4 Å². The normalized spacial score (nSPS) is 10.9. The van der Waals surface area contributed by atoms with Gasteiger partial charge in [0.2, 0.25) is 5.89 Å². The minimum atomic E-state index is -0.601. The molecule has 3 aromatic carbocycles. The molecule has 0 bridgehead atoms. The van der Waals surface area contributed by atoms with Crippen LogP contribution in [0.5, 0.6) is 0 Å². The summed E-state index contributed by atoms with van der Waals surface area (Å²) < 4.78 is 35.6. The summed E-state index contributed by atoms with van der Waals surface area (Å²) in [5.74, 6) is -0.644. The van der Waals surface area contributed by atoms with E-state index in [4.69, 9.17) is 4.42 Å². The van der Waals surface area contributed by atoms with Crippen molar-refractivity contribution < 1.29 is 18.0 Å². The molecular formula is C25H17F2N5O2S.